The predicted octanol–water partition coefficient (Wildman–Crippen LogP) is 3.58. The summed E-state index contributed by atoms with van der Waals surface area (Å²) < 4.78 is 44.9. The van der Waals surface area contributed by atoms with E-state index in [1.165, 1.54) is 12.1 Å². The average Bonchev–Trinajstić information content (AvgIpc) is 2.73. The molecule has 0 unspecified atom stereocenters. The molecule has 0 aliphatic heterocycles. The Morgan fingerprint density at radius 3 is 2.36 bits per heavy atom. The molecule has 0 radical (unpaired) electrons. The number of carbonyl (C=O) groups is 1. The molecule has 2 N–H and O–H groups in total. The molecular weight excluding hydrogens is 373 g/mol. The summed E-state index contributed by atoms with van der Waals surface area (Å²) in [4.78, 5) is 12.1. The third-order valence-corrected chi connectivity index (χ3v) is 3.81. The Labute approximate surface area is 158 Å². The van der Waals surface area contributed by atoms with Gasteiger partial charge in [-0.1, -0.05) is 12.1 Å². The van der Waals surface area contributed by atoms with Gasteiger partial charge >= 0.3 is 0 Å². The number of carbonyl (C=O) groups excluding carboxylic acids is 1. The van der Waals surface area contributed by atoms with Crippen molar-refractivity contribution in [2.75, 3.05) is 12.4 Å². The summed E-state index contributed by atoms with van der Waals surface area (Å²) in [7, 11) is 1.56. The Kier molecular flexibility index (Phi) is 5.73. The van der Waals surface area contributed by atoms with Crippen molar-refractivity contribution in [3.05, 3.63) is 77.2 Å². The Bertz CT molecular complexity index is 980. The van der Waals surface area contributed by atoms with Gasteiger partial charge in [0.15, 0.2) is 29.0 Å². The fourth-order valence-electron chi connectivity index (χ4n) is 2.30. The molecule has 1 heterocycles. The van der Waals surface area contributed by atoms with Gasteiger partial charge in [0.05, 0.1) is 12.8 Å². The van der Waals surface area contributed by atoms with Gasteiger partial charge < -0.3 is 15.4 Å². The number of nitrogens with zero attached hydrogens (tertiary/aromatic N) is 2. The summed E-state index contributed by atoms with van der Waals surface area (Å²) in [6, 6.07) is 11.7. The van der Waals surface area contributed by atoms with Crippen LogP contribution in [0.4, 0.5) is 24.7 Å². The van der Waals surface area contributed by atoms with Crippen LogP contribution < -0.4 is 15.4 Å². The molecule has 0 spiro atoms. The minimum atomic E-state index is -1.59. The number of halogens is 3. The maximum atomic E-state index is 13.7. The highest BCUT2D eigenvalue weighted by atomic mass is 19.2. The second-order valence-corrected chi connectivity index (χ2v) is 5.68. The van der Waals surface area contributed by atoms with Crippen molar-refractivity contribution in [1.82, 2.24) is 15.5 Å². The second-order valence-electron chi connectivity index (χ2n) is 5.68. The molecule has 6 nitrogen and oxygen atoms in total. The number of rotatable bonds is 6. The molecular formula is C19H15F3N4O2. The molecule has 0 saturated heterocycles. The monoisotopic (exact) mass is 388 g/mol. The minimum absolute atomic E-state index is 0.0461. The van der Waals surface area contributed by atoms with Crippen LogP contribution in [-0.4, -0.2) is 23.2 Å². The van der Waals surface area contributed by atoms with Gasteiger partial charge in [-0.2, -0.15) is 0 Å². The van der Waals surface area contributed by atoms with Gasteiger partial charge in [-0.15, -0.1) is 10.2 Å². The third-order valence-electron chi connectivity index (χ3n) is 3.81. The van der Waals surface area contributed by atoms with Crippen molar-refractivity contribution in [2.45, 2.75) is 6.54 Å². The first-order valence-electron chi connectivity index (χ1n) is 8.13. The molecule has 0 aliphatic rings. The zero-order valence-corrected chi connectivity index (χ0v) is 14.7. The molecule has 0 bridgehead atoms. The maximum Gasteiger partial charge on any atom is 0.272 e. The van der Waals surface area contributed by atoms with Gasteiger partial charge in [-0.05, 0) is 42.0 Å². The number of methoxy groups -OCH3 is 1. The largest absolute Gasteiger partial charge is 0.497 e. The number of anilines is 2. The molecule has 0 saturated carbocycles. The fourth-order valence-corrected chi connectivity index (χ4v) is 2.30. The number of ether oxygens (including phenoxy) is 1. The Balaban J connectivity index is 1.61. The molecule has 3 aromatic rings. The number of amides is 1. The van der Waals surface area contributed by atoms with Gasteiger partial charge in [-0.25, -0.2) is 13.2 Å². The van der Waals surface area contributed by atoms with Crippen LogP contribution >= 0.6 is 0 Å². The standard InChI is InChI=1S/C19H15F3N4O2/c1-28-12-4-2-11(3-5-12)10-23-19(27)15-8-9-16(26-25-15)24-14-7-6-13(20)17(21)18(14)22/h2-9H,10H2,1H3,(H,23,27)(H,24,26). The first-order chi connectivity index (χ1) is 13.5. The van der Waals surface area contributed by atoms with E-state index in [9.17, 15) is 18.0 Å². The van der Waals surface area contributed by atoms with Gasteiger partial charge in [0.1, 0.15) is 5.75 Å². The third kappa shape index (κ3) is 4.37. The number of benzene rings is 2. The van der Waals surface area contributed by atoms with Gasteiger partial charge in [0, 0.05) is 6.54 Å². The summed E-state index contributed by atoms with van der Waals surface area (Å²) in [5.74, 6) is -3.93. The van der Waals surface area contributed by atoms with Crippen LogP contribution in [0.3, 0.4) is 0 Å². The van der Waals surface area contributed by atoms with Crippen molar-refractivity contribution >= 4 is 17.4 Å². The van der Waals surface area contributed by atoms with Crippen molar-refractivity contribution in [1.29, 1.82) is 0 Å². The molecule has 1 aromatic heterocycles. The normalized spacial score (nSPS) is 10.4. The summed E-state index contributed by atoms with van der Waals surface area (Å²) >= 11 is 0. The number of aromatic nitrogens is 2. The van der Waals surface area contributed by atoms with Crippen LogP contribution in [0.2, 0.25) is 0 Å². The van der Waals surface area contributed by atoms with Crippen LogP contribution in [0.1, 0.15) is 16.1 Å². The van der Waals surface area contributed by atoms with E-state index in [0.717, 1.165) is 17.7 Å². The molecule has 0 fully saturated rings. The van der Waals surface area contributed by atoms with E-state index < -0.39 is 23.4 Å². The van der Waals surface area contributed by atoms with Crippen molar-refractivity contribution in [2.24, 2.45) is 0 Å². The van der Waals surface area contributed by atoms with Gasteiger partial charge in [0.2, 0.25) is 0 Å². The first-order valence-corrected chi connectivity index (χ1v) is 8.13. The Morgan fingerprint density at radius 2 is 1.71 bits per heavy atom. The van der Waals surface area contributed by atoms with E-state index in [4.69, 9.17) is 4.74 Å². The lowest BCUT2D eigenvalue weighted by atomic mass is 10.2. The maximum absolute atomic E-state index is 13.7. The number of hydrogen-bond acceptors (Lipinski definition) is 5. The van der Waals surface area contributed by atoms with E-state index in [-0.39, 0.29) is 23.7 Å². The zero-order chi connectivity index (χ0) is 20.1. The molecule has 28 heavy (non-hydrogen) atoms. The summed E-state index contributed by atoms with van der Waals surface area (Å²) in [6.45, 7) is 0.282. The van der Waals surface area contributed by atoms with Gasteiger partial charge in [-0.3, -0.25) is 4.79 Å². The molecule has 0 aliphatic carbocycles. The lowest BCUT2D eigenvalue weighted by Crippen LogP contribution is -2.24. The van der Waals surface area contributed by atoms with Crippen LogP contribution in [0.25, 0.3) is 0 Å². The van der Waals surface area contributed by atoms with Crippen LogP contribution in [0.15, 0.2) is 48.5 Å². The van der Waals surface area contributed by atoms with E-state index in [1.807, 2.05) is 12.1 Å². The summed E-state index contributed by atoms with van der Waals surface area (Å²) in [5.41, 5.74) is 0.615. The summed E-state index contributed by atoms with van der Waals surface area (Å²) in [6.07, 6.45) is 0. The zero-order valence-electron chi connectivity index (χ0n) is 14.7. The first kappa shape index (κ1) is 19.2. The number of nitrogens with one attached hydrogen (secondary N) is 2. The van der Waals surface area contributed by atoms with E-state index in [0.29, 0.717) is 5.75 Å². The summed E-state index contributed by atoms with van der Waals surface area (Å²) in [5, 5.41) is 12.7. The quantitative estimate of drug-likeness (QED) is 0.632. The topological polar surface area (TPSA) is 76.1 Å². The van der Waals surface area contributed by atoms with Crippen LogP contribution in [-0.2, 0) is 6.54 Å². The SMILES string of the molecule is COc1ccc(CNC(=O)c2ccc(Nc3ccc(F)c(F)c3F)nn2)cc1. The van der Waals surface area contributed by atoms with Crippen molar-refractivity contribution in [3.63, 3.8) is 0 Å². The molecule has 144 valence electrons. The minimum Gasteiger partial charge on any atom is -0.497 e. The van der Waals surface area contributed by atoms with Crippen LogP contribution in [0.5, 0.6) is 5.75 Å². The Morgan fingerprint density at radius 1 is 0.964 bits per heavy atom. The van der Waals surface area contributed by atoms with Gasteiger partial charge in [0.25, 0.3) is 5.91 Å². The highest BCUT2D eigenvalue weighted by Crippen LogP contribution is 2.22. The molecule has 0 atom stereocenters. The fraction of sp³-hybridized carbons (Fsp3) is 0.105. The van der Waals surface area contributed by atoms with Crippen LogP contribution in [0, 0.1) is 17.5 Å². The Hall–Kier alpha value is -3.62. The van der Waals surface area contributed by atoms with E-state index in [2.05, 4.69) is 20.8 Å². The molecule has 1 amide bonds. The van der Waals surface area contributed by atoms with E-state index in [1.54, 1.807) is 19.2 Å². The average molecular weight is 388 g/mol. The van der Waals surface area contributed by atoms with Crippen molar-refractivity contribution in [3.8, 4) is 5.75 Å². The molecule has 2 aromatic carbocycles. The lowest BCUT2D eigenvalue weighted by Gasteiger charge is -2.08. The highest BCUT2D eigenvalue weighted by Gasteiger charge is 2.14. The smallest absolute Gasteiger partial charge is 0.272 e. The molecule has 3 rings (SSSR count). The van der Waals surface area contributed by atoms with Crippen molar-refractivity contribution < 1.29 is 22.7 Å². The molecule has 9 heteroatoms. The highest BCUT2D eigenvalue weighted by molar-refractivity contribution is 5.92. The second kappa shape index (κ2) is 8.38. The van der Waals surface area contributed by atoms with E-state index >= 15 is 0 Å². The lowest BCUT2D eigenvalue weighted by molar-refractivity contribution is 0.0945. The number of hydrogen-bond donors (Lipinski definition) is 2. The predicted molar refractivity (Wildman–Crippen MR) is 95.8 cm³/mol.